The van der Waals surface area contributed by atoms with Gasteiger partial charge in [-0.2, -0.15) is 10.2 Å². The summed E-state index contributed by atoms with van der Waals surface area (Å²) in [5.74, 6) is -2.42. The minimum Gasteiger partial charge on any atom is -0.271 e. The van der Waals surface area contributed by atoms with Crippen LogP contribution in [0.25, 0.3) is 6.08 Å². The number of carbonyl (C=O) groups excluding carboxylic acids is 3. The number of anilines is 1. The first-order chi connectivity index (χ1) is 21.3. The van der Waals surface area contributed by atoms with E-state index in [-0.39, 0.29) is 18.3 Å². The van der Waals surface area contributed by atoms with E-state index in [0.717, 1.165) is 41.0 Å². The zero-order valence-corrected chi connectivity index (χ0v) is 23.9. The van der Waals surface area contributed by atoms with Crippen LogP contribution in [-0.2, 0) is 14.4 Å². The van der Waals surface area contributed by atoms with Crippen molar-refractivity contribution >= 4 is 46.8 Å². The van der Waals surface area contributed by atoms with Crippen LogP contribution in [0.2, 0.25) is 5.02 Å². The summed E-state index contributed by atoms with van der Waals surface area (Å²) >= 11 is 5.98. The first kappa shape index (κ1) is 28.0. The maximum atomic E-state index is 14.0. The zero-order valence-electron chi connectivity index (χ0n) is 23.2. The first-order valence-corrected chi connectivity index (χ1v) is 14.6. The molecule has 0 unspecified atom stereocenters. The van der Waals surface area contributed by atoms with E-state index in [1.807, 2.05) is 6.08 Å². The van der Waals surface area contributed by atoms with Crippen molar-refractivity contribution in [1.82, 2.24) is 10.0 Å². The van der Waals surface area contributed by atoms with E-state index in [4.69, 9.17) is 16.7 Å². The number of hydrogen-bond acceptors (Lipinski definition) is 7. The summed E-state index contributed by atoms with van der Waals surface area (Å²) < 4.78 is 27.4. The van der Waals surface area contributed by atoms with Crippen molar-refractivity contribution in [2.45, 2.75) is 37.4 Å². The van der Waals surface area contributed by atoms with E-state index in [2.05, 4.69) is 10.3 Å². The van der Waals surface area contributed by atoms with E-state index in [0.29, 0.717) is 16.3 Å². The number of halogens is 3. The second kappa shape index (κ2) is 11.1. The Morgan fingerprint density at radius 2 is 1.59 bits per heavy atom. The highest BCUT2D eigenvalue weighted by Crippen LogP contribution is 2.45. The molecule has 7 rings (SSSR count). The molecule has 3 amide bonds. The van der Waals surface area contributed by atoms with Crippen LogP contribution < -0.4 is 4.90 Å². The minimum absolute atomic E-state index is 0.159. The molecule has 0 bridgehead atoms. The van der Waals surface area contributed by atoms with Gasteiger partial charge in [-0.25, -0.2) is 18.7 Å². The Hall–Kier alpha value is -4.77. The van der Waals surface area contributed by atoms with Gasteiger partial charge in [-0.1, -0.05) is 41.1 Å². The number of carbonyl (C=O) groups is 3. The Morgan fingerprint density at radius 1 is 0.909 bits per heavy atom. The summed E-state index contributed by atoms with van der Waals surface area (Å²) in [6.07, 6.45) is 4.28. The molecule has 0 spiro atoms. The highest BCUT2D eigenvalue weighted by atomic mass is 35.5. The van der Waals surface area contributed by atoms with Crippen LogP contribution in [0.4, 0.5) is 14.5 Å². The molecule has 3 heterocycles. The molecule has 2 fully saturated rings. The highest BCUT2D eigenvalue weighted by molar-refractivity contribution is 6.31. The zero-order chi connectivity index (χ0) is 30.5. The van der Waals surface area contributed by atoms with Crippen LogP contribution >= 0.6 is 11.6 Å². The molecule has 0 radical (unpaired) electrons. The number of hydrazone groups is 1. The molecule has 0 N–H and O–H groups in total. The van der Waals surface area contributed by atoms with Gasteiger partial charge in [0.1, 0.15) is 18.2 Å². The van der Waals surface area contributed by atoms with Gasteiger partial charge in [-0.05, 0) is 90.6 Å². The third-order valence-electron chi connectivity index (χ3n) is 8.42. The van der Waals surface area contributed by atoms with Crippen molar-refractivity contribution in [3.8, 4) is 0 Å². The quantitative estimate of drug-likeness (QED) is 0.343. The van der Waals surface area contributed by atoms with Gasteiger partial charge in [0.15, 0.2) is 12.1 Å². The predicted molar refractivity (Wildman–Crippen MR) is 158 cm³/mol. The second-order valence-corrected chi connectivity index (χ2v) is 11.6. The summed E-state index contributed by atoms with van der Waals surface area (Å²) in [6, 6.07) is 15.8. The monoisotopic (exact) mass is 614 g/mol. The number of rotatable bonds is 5. The molecule has 0 aromatic heterocycles. The summed E-state index contributed by atoms with van der Waals surface area (Å²) in [5, 5.41) is 16.0. The molecule has 12 heteroatoms. The van der Waals surface area contributed by atoms with Crippen molar-refractivity contribution in [3.05, 3.63) is 106 Å². The lowest BCUT2D eigenvalue weighted by atomic mass is 9.77. The Morgan fingerprint density at radius 3 is 2.30 bits per heavy atom. The van der Waals surface area contributed by atoms with E-state index >= 15 is 0 Å². The minimum atomic E-state index is -1.07. The number of benzene rings is 3. The standard InChI is InChI=1S/C32H25ClF2N6O3/c33-21-8-14-24(15-9-21)40-31(43)28-30(32(40)44)39(38-36-28)17-26(42)41-29(19-6-12-23(35)13-7-19)25-3-1-2-20(27(25)37-41)16-18-4-10-22(34)11-5-18/h4-16,25,28-30H,1-3,17H2/b20-16+/t25-,28+,29-,30-/m0/s1. The second-order valence-electron chi connectivity index (χ2n) is 11.1. The lowest BCUT2D eigenvalue weighted by molar-refractivity contribution is -0.136. The maximum Gasteiger partial charge on any atom is 0.264 e. The molecule has 4 atom stereocenters. The molecule has 3 aromatic rings. The number of imide groups is 1. The summed E-state index contributed by atoms with van der Waals surface area (Å²) in [4.78, 5) is 41.6. The van der Waals surface area contributed by atoms with Crippen molar-refractivity contribution in [1.29, 1.82) is 0 Å². The molecule has 1 saturated carbocycles. The average molecular weight is 615 g/mol. The Balaban J connectivity index is 1.18. The van der Waals surface area contributed by atoms with Crippen LogP contribution in [0.1, 0.15) is 36.4 Å². The van der Waals surface area contributed by atoms with Crippen molar-refractivity contribution < 1.29 is 23.2 Å². The van der Waals surface area contributed by atoms with E-state index in [9.17, 15) is 23.2 Å². The third-order valence-corrected chi connectivity index (χ3v) is 8.67. The molecule has 1 aliphatic carbocycles. The molecule has 44 heavy (non-hydrogen) atoms. The molecule has 1 saturated heterocycles. The third kappa shape index (κ3) is 4.86. The van der Waals surface area contributed by atoms with Crippen molar-refractivity contribution in [2.24, 2.45) is 21.4 Å². The van der Waals surface area contributed by atoms with Crippen LogP contribution in [0, 0.1) is 17.6 Å². The summed E-state index contributed by atoms with van der Waals surface area (Å²) in [5.41, 5.74) is 3.56. The molecule has 4 aliphatic rings. The van der Waals surface area contributed by atoms with Crippen molar-refractivity contribution in [3.63, 3.8) is 0 Å². The van der Waals surface area contributed by atoms with Gasteiger partial charge < -0.3 is 0 Å². The van der Waals surface area contributed by atoms with Crippen molar-refractivity contribution in [2.75, 3.05) is 11.4 Å². The van der Waals surface area contributed by atoms with Gasteiger partial charge in [-0.15, -0.1) is 0 Å². The van der Waals surface area contributed by atoms with E-state index < -0.39 is 41.7 Å². The molecule has 3 aromatic carbocycles. The van der Waals surface area contributed by atoms with Gasteiger partial charge >= 0.3 is 0 Å². The molecule has 9 nitrogen and oxygen atoms in total. The molecule has 3 aliphatic heterocycles. The molecular formula is C32H25ClF2N6O3. The van der Waals surface area contributed by atoms with Gasteiger partial charge in [0.25, 0.3) is 17.7 Å². The van der Waals surface area contributed by atoms with E-state index in [1.54, 1.807) is 48.5 Å². The normalized spacial score (nSPS) is 25.1. The molecular weight excluding hydrogens is 590 g/mol. The Labute approximate surface area is 256 Å². The lowest BCUT2D eigenvalue weighted by Crippen LogP contribution is -2.45. The smallest absolute Gasteiger partial charge is 0.264 e. The SMILES string of the molecule is O=C1[C@@H]2[C@@H](N=NN2CC(=O)N2N=C3/C(=C/c4ccc(F)cc4)CCC[C@@H]3[C@@H]2c2ccc(F)cc2)C(=O)N1c1ccc(Cl)cc1. The Kier molecular flexibility index (Phi) is 7.04. The fraction of sp³-hybridized carbons (Fsp3) is 0.250. The summed E-state index contributed by atoms with van der Waals surface area (Å²) in [6.45, 7) is -0.351. The van der Waals surface area contributed by atoms with Gasteiger partial charge in [0, 0.05) is 10.9 Å². The predicted octanol–water partition coefficient (Wildman–Crippen LogP) is 5.73. The number of hydrogen-bond donors (Lipinski definition) is 0. The molecule has 222 valence electrons. The van der Waals surface area contributed by atoms with E-state index in [1.165, 1.54) is 34.3 Å². The topological polar surface area (TPSA) is 98.0 Å². The largest absolute Gasteiger partial charge is 0.271 e. The fourth-order valence-electron chi connectivity index (χ4n) is 6.37. The van der Waals surface area contributed by atoms with Crippen LogP contribution in [-0.4, -0.2) is 52.1 Å². The number of allylic oxidation sites excluding steroid dienone is 1. The summed E-state index contributed by atoms with van der Waals surface area (Å²) in [7, 11) is 0. The van der Waals surface area contributed by atoms with Gasteiger partial charge in [-0.3, -0.25) is 19.4 Å². The van der Waals surface area contributed by atoms with Gasteiger partial charge in [0.05, 0.1) is 17.4 Å². The first-order valence-electron chi connectivity index (χ1n) is 14.2. The van der Waals surface area contributed by atoms with Crippen LogP contribution in [0.3, 0.4) is 0 Å². The van der Waals surface area contributed by atoms with Crippen LogP contribution in [0.15, 0.2) is 93.8 Å². The average Bonchev–Trinajstić information content (AvgIpc) is 3.69. The van der Waals surface area contributed by atoms with Crippen LogP contribution in [0.5, 0.6) is 0 Å². The maximum absolute atomic E-state index is 14.0. The Bertz CT molecular complexity index is 1740. The highest BCUT2D eigenvalue weighted by Gasteiger charge is 2.55. The number of amides is 3. The van der Waals surface area contributed by atoms with Gasteiger partial charge in [0.2, 0.25) is 0 Å². The fourth-order valence-corrected chi connectivity index (χ4v) is 6.50. The lowest BCUT2D eigenvalue weighted by Gasteiger charge is -2.30. The number of nitrogens with zero attached hydrogens (tertiary/aromatic N) is 6. The number of fused-ring (bicyclic) bond motifs is 2.